The summed E-state index contributed by atoms with van der Waals surface area (Å²) in [6, 6.07) is 5.59. The Bertz CT molecular complexity index is 568. The standard InChI is InChI=1S/C14H21NO4S/c1-4-14(17)12-6-5-7-13(8-12)20(18,19)15-11(3)10(2)9-16/h5-8,10-11,15-16H,4,9H2,1-3H3. The minimum atomic E-state index is -3.69. The van der Waals surface area contributed by atoms with Gasteiger partial charge >= 0.3 is 0 Å². The van der Waals surface area contributed by atoms with Gasteiger partial charge in [-0.3, -0.25) is 4.79 Å². The molecule has 2 atom stereocenters. The number of aliphatic hydroxyl groups excluding tert-OH is 1. The van der Waals surface area contributed by atoms with Crippen molar-refractivity contribution in [2.75, 3.05) is 6.61 Å². The van der Waals surface area contributed by atoms with Crippen LogP contribution in [0.5, 0.6) is 0 Å². The van der Waals surface area contributed by atoms with Crippen LogP contribution >= 0.6 is 0 Å². The average molecular weight is 299 g/mol. The molecule has 2 N–H and O–H groups in total. The van der Waals surface area contributed by atoms with E-state index in [0.29, 0.717) is 12.0 Å². The number of carbonyl (C=O) groups excluding carboxylic acids is 1. The average Bonchev–Trinajstić information content (AvgIpc) is 2.45. The predicted molar refractivity (Wildman–Crippen MR) is 77.1 cm³/mol. The first-order valence-corrected chi connectivity index (χ1v) is 8.06. The van der Waals surface area contributed by atoms with Crippen LogP contribution in [-0.4, -0.2) is 32.0 Å². The van der Waals surface area contributed by atoms with Gasteiger partial charge in [-0.1, -0.05) is 26.0 Å². The number of benzene rings is 1. The largest absolute Gasteiger partial charge is 0.396 e. The van der Waals surface area contributed by atoms with Crippen molar-refractivity contribution in [3.8, 4) is 0 Å². The van der Waals surface area contributed by atoms with E-state index in [-0.39, 0.29) is 23.2 Å². The molecule has 0 heterocycles. The molecule has 0 aliphatic carbocycles. The highest BCUT2D eigenvalue weighted by Crippen LogP contribution is 2.14. The van der Waals surface area contributed by atoms with E-state index in [1.807, 2.05) is 0 Å². The Morgan fingerprint density at radius 1 is 1.35 bits per heavy atom. The lowest BCUT2D eigenvalue weighted by molar-refractivity contribution is 0.0988. The van der Waals surface area contributed by atoms with Gasteiger partial charge in [-0.15, -0.1) is 0 Å². The fourth-order valence-electron chi connectivity index (χ4n) is 1.63. The second-order valence-electron chi connectivity index (χ2n) is 4.87. The van der Waals surface area contributed by atoms with Crippen molar-refractivity contribution in [1.82, 2.24) is 4.72 Å². The van der Waals surface area contributed by atoms with Gasteiger partial charge in [-0.25, -0.2) is 13.1 Å². The topological polar surface area (TPSA) is 83.5 Å². The number of hydrogen-bond donors (Lipinski definition) is 2. The minimum Gasteiger partial charge on any atom is -0.396 e. The second-order valence-corrected chi connectivity index (χ2v) is 6.59. The Hall–Kier alpha value is -1.24. The second kappa shape index (κ2) is 6.97. The summed E-state index contributed by atoms with van der Waals surface area (Å²) >= 11 is 0. The minimum absolute atomic E-state index is 0.0637. The molecule has 6 heteroatoms. The van der Waals surface area contributed by atoms with Gasteiger partial charge in [0.25, 0.3) is 0 Å². The van der Waals surface area contributed by atoms with Crippen LogP contribution in [0.4, 0.5) is 0 Å². The van der Waals surface area contributed by atoms with E-state index in [4.69, 9.17) is 5.11 Å². The highest BCUT2D eigenvalue weighted by molar-refractivity contribution is 7.89. The van der Waals surface area contributed by atoms with E-state index in [9.17, 15) is 13.2 Å². The maximum atomic E-state index is 12.2. The lowest BCUT2D eigenvalue weighted by Crippen LogP contribution is -2.38. The highest BCUT2D eigenvalue weighted by atomic mass is 32.2. The summed E-state index contributed by atoms with van der Waals surface area (Å²) in [6.07, 6.45) is 0.328. The molecule has 0 bridgehead atoms. The van der Waals surface area contributed by atoms with Crippen molar-refractivity contribution >= 4 is 15.8 Å². The van der Waals surface area contributed by atoms with Gasteiger partial charge in [0.1, 0.15) is 0 Å². The molecular formula is C14H21NO4S. The molecule has 0 fully saturated rings. The van der Waals surface area contributed by atoms with Crippen LogP contribution in [0, 0.1) is 5.92 Å². The summed E-state index contributed by atoms with van der Waals surface area (Å²) in [7, 11) is -3.69. The lowest BCUT2D eigenvalue weighted by atomic mass is 10.1. The van der Waals surface area contributed by atoms with Gasteiger partial charge in [0.2, 0.25) is 10.0 Å². The Labute approximate surface area is 120 Å². The molecule has 5 nitrogen and oxygen atoms in total. The van der Waals surface area contributed by atoms with Crippen LogP contribution < -0.4 is 4.72 Å². The molecule has 1 aromatic rings. The van der Waals surface area contributed by atoms with Gasteiger partial charge in [0.15, 0.2) is 5.78 Å². The summed E-state index contributed by atoms with van der Waals surface area (Å²) in [4.78, 5) is 11.7. The van der Waals surface area contributed by atoms with Crippen LogP contribution in [-0.2, 0) is 10.0 Å². The smallest absolute Gasteiger partial charge is 0.240 e. The van der Waals surface area contributed by atoms with Gasteiger partial charge in [-0.2, -0.15) is 0 Å². The highest BCUT2D eigenvalue weighted by Gasteiger charge is 2.21. The monoisotopic (exact) mass is 299 g/mol. The molecule has 1 rings (SSSR count). The van der Waals surface area contributed by atoms with E-state index in [0.717, 1.165) is 0 Å². The van der Waals surface area contributed by atoms with Gasteiger partial charge < -0.3 is 5.11 Å². The normalized spacial score (nSPS) is 14.8. The maximum absolute atomic E-state index is 12.2. The first kappa shape index (κ1) is 16.8. The Morgan fingerprint density at radius 3 is 2.55 bits per heavy atom. The van der Waals surface area contributed by atoms with Crippen molar-refractivity contribution in [1.29, 1.82) is 0 Å². The van der Waals surface area contributed by atoms with Crippen LogP contribution in [0.3, 0.4) is 0 Å². The van der Waals surface area contributed by atoms with Crippen LogP contribution in [0.25, 0.3) is 0 Å². The van der Waals surface area contributed by atoms with Gasteiger partial charge in [0, 0.05) is 24.6 Å². The predicted octanol–water partition coefficient (Wildman–Crippen LogP) is 1.57. The van der Waals surface area contributed by atoms with E-state index < -0.39 is 16.1 Å². The van der Waals surface area contributed by atoms with Crippen molar-refractivity contribution in [3.63, 3.8) is 0 Å². The number of aliphatic hydroxyl groups is 1. The van der Waals surface area contributed by atoms with Crippen molar-refractivity contribution < 1.29 is 18.3 Å². The summed E-state index contributed by atoms with van der Waals surface area (Å²) in [5.74, 6) is -0.288. The maximum Gasteiger partial charge on any atom is 0.240 e. The number of Topliss-reactive ketones (excluding diaryl/α,β-unsaturated/α-hetero) is 1. The Morgan fingerprint density at radius 2 is 2.00 bits per heavy atom. The summed E-state index contributed by atoms with van der Waals surface area (Å²) in [5.41, 5.74) is 0.387. The zero-order valence-electron chi connectivity index (χ0n) is 12.0. The molecule has 0 aliphatic heterocycles. The third kappa shape index (κ3) is 4.13. The quantitative estimate of drug-likeness (QED) is 0.749. The Balaban J connectivity index is 3.01. The first-order valence-electron chi connectivity index (χ1n) is 6.58. The Kier molecular flexibility index (Phi) is 5.86. The van der Waals surface area contributed by atoms with Crippen LogP contribution in [0.1, 0.15) is 37.6 Å². The molecule has 0 saturated carbocycles. The summed E-state index contributed by atoms with van der Waals surface area (Å²) < 4.78 is 27.0. The zero-order valence-corrected chi connectivity index (χ0v) is 12.8. The fourth-order valence-corrected chi connectivity index (χ4v) is 3.03. The molecule has 0 aromatic heterocycles. The number of nitrogens with one attached hydrogen (secondary N) is 1. The molecule has 0 radical (unpaired) electrons. The van der Waals surface area contributed by atoms with Crippen LogP contribution in [0.15, 0.2) is 29.2 Å². The van der Waals surface area contributed by atoms with Gasteiger partial charge in [0.05, 0.1) is 4.90 Å². The van der Waals surface area contributed by atoms with E-state index >= 15 is 0 Å². The summed E-state index contributed by atoms with van der Waals surface area (Å²) in [6.45, 7) is 5.08. The lowest BCUT2D eigenvalue weighted by Gasteiger charge is -2.19. The number of ketones is 1. The van der Waals surface area contributed by atoms with Crippen molar-refractivity contribution in [2.24, 2.45) is 5.92 Å². The molecule has 0 amide bonds. The van der Waals surface area contributed by atoms with Crippen LogP contribution in [0.2, 0.25) is 0 Å². The summed E-state index contributed by atoms with van der Waals surface area (Å²) in [5, 5.41) is 9.04. The van der Waals surface area contributed by atoms with E-state index in [1.165, 1.54) is 12.1 Å². The molecule has 112 valence electrons. The number of carbonyl (C=O) groups is 1. The van der Waals surface area contributed by atoms with Gasteiger partial charge in [-0.05, 0) is 25.0 Å². The van der Waals surface area contributed by atoms with E-state index in [1.54, 1.807) is 32.9 Å². The molecule has 0 aliphatic rings. The SMILES string of the molecule is CCC(=O)c1cccc(S(=O)(=O)NC(C)C(C)CO)c1. The molecule has 0 spiro atoms. The number of rotatable bonds is 7. The first-order chi connectivity index (χ1) is 9.31. The molecule has 0 saturated heterocycles. The zero-order chi connectivity index (χ0) is 15.3. The fraction of sp³-hybridized carbons (Fsp3) is 0.500. The molecule has 2 unspecified atom stereocenters. The van der Waals surface area contributed by atoms with Crippen molar-refractivity contribution in [2.45, 2.75) is 38.1 Å². The van der Waals surface area contributed by atoms with E-state index in [2.05, 4.69) is 4.72 Å². The molecule has 1 aromatic carbocycles. The molecular weight excluding hydrogens is 278 g/mol. The van der Waals surface area contributed by atoms with Crippen molar-refractivity contribution in [3.05, 3.63) is 29.8 Å². The third-order valence-corrected chi connectivity index (χ3v) is 4.83. The molecule has 20 heavy (non-hydrogen) atoms. The number of sulfonamides is 1. The third-order valence-electron chi connectivity index (χ3n) is 3.27. The number of hydrogen-bond acceptors (Lipinski definition) is 4.